The molecule has 0 saturated carbocycles. The normalized spacial score (nSPS) is 16.4. The molecule has 0 amide bonds. The first-order valence-electron chi connectivity index (χ1n) is 12.3. The van der Waals surface area contributed by atoms with Crippen LogP contribution in [0.2, 0.25) is 0 Å². The van der Waals surface area contributed by atoms with Gasteiger partial charge in [0, 0.05) is 48.6 Å². The zero-order valence-electron chi connectivity index (χ0n) is 20.2. The predicted octanol–water partition coefficient (Wildman–Crippen LogP) is 5.01. The van der Waals surface area contributed by atoms with Crippen molar-refractivity contribution in [3.8, 4) is 17.1 Å². The first-order valence-corrected chi connectivity index (χ1v) is 12.3. The number of hydrogen-bond acceptors (Lipinski definition) is 6. The van der Waals surface area contributed by atoms with E-state index in [2.05, 4.69) is 17.0 Å². The van der Waals surface area contributed by atoms with Gasteiger partial charge in [0.2, 0.25) is 0 Å². The molecule has 1 saturated heterocycles. The molecule has 0 radical (unpaired) electrons. The van der Waals surface area contributed by atoms with Crippen LogP contribution in [0.15, 0.2) is 54.7 Å². The van der Waals surface area contributed by atoms with Crippen LogP contribution in [-0.2, 0) is 6.61 Å². The van der Waals surface area contributed by atoms with E-state index in [1.54, 1.807) is 16.9 Å². The molecule has 1 aromatic carbocycles. The molecule has 1 aliphatic heterocycles. The van der Waals surface area contributed by atoms with Gasteiger partial charge in [-0.05, 0) is 42.8 Å². The summed E-state index contributed by atoms with van der Waals surface area (Å²) in [6.07, 6.45) is 3.17. The average molecular weight is 493 g/mol. The largest absolute Gasteiger partial charge is 0.390 e. The minimum Gasteiger partial charge on any atom is -0.390 e. The van der Waals surface area contributed by atoms with Gasteiger partial charge in [-0.1, -0.05) is 25.5 Å². The van der Waals surface area contributed by atoms with Crippen LogP contribution in [0.3, 0.4) is 0 Å². The van der Waals surface area contributed by atoms with Crippen molar-refractivity contribution < 1.29 is 13.9 Å². The number of nitrogens with two attached hydrogens (primary N) is 1. The van der Waals surface area contributed by atoms with Gasteiger partial charge in [0.25, 0.3) is 5.92 Å². The smallest absolute Gasteiger partial charge is 0.251 e. The molecule has 5 rings (SSSR count). The molecule has 0 spiro atoms. The number of fused-ring (bicyclic) bond motifs is 1. The van der Waals surface area contributed by atoms with Gasteiger partial charge in [-0.3, -0.25) is 4.98 Å². The molecule has 36 heavy (non-hydrogen) atoms. The molecule has 0 bridgehead atoms. The van der Waals surface area contributed by atoms with E-state index in [4.69, 9.17) is 10.7 Å². The van der Waals surface area contributed by atoms with Crippen molar-refractivity contribution in [2.45, 2.75) is 51.2 Å². The predicted molar refractivity (Wildman–Crippen MR) is 136 cm³/mol. The number of rotatable bonds is 7. The molecular weight excluding hydrogens is 462 g/mol. The Bertz CT molecular complexity index is 1360. The minimum absolute atomic E-state index is 0.154. The summed E-state index contributed by atoms with van der Waals surface area (Å²) in [6, 6.07) is 15.0. The Labute approximate surface area is 208 Å². The van der Waals surface area contributed by atoms with Crippen molar-refractivity contribution in [3.63, 3.8) is 0 Å². The van der Waals surface area contributed by atoms with Crippen molar-refractivity contribution in [2.24, 2.45) is 5.73 Å². The second-order valence-electron chi connectivity index (χ2n) is 9.32. The molecule has 3 N–H and O–H groups in total. The Hall–Kier alpha value is -3.43. The van der Waals surface area contributed by atoms with Gasteiger partial charge in [-0.2, -0.15) is 5.10 Å². The fraction of sp³-hybridized carbons (Fsp3) is 0.370. The highest BCUT2D eigenvalue weighted by Crippen LogP contribution is 2.37. The van der Waals surface area contributed by atoms with Crippen LogP contribution >= 0.6 is 0 Å². The van der Waals surface area contributed by atoms with Crippen LogP contribution < -0.4 is 10.6 Å². The molecule has 4 aromatic rings. The number of hydrogen-bond donors (Lipinski definition) is 2. The van der Waals surface area contributed by atoms with Gasteiger partial charge >= 0.3 is 0 Å². The van der Waals surface area contributed by atoms with E-state index >= 15 is 0 Å². The molecule has 1 aliphatic rings. The average Bonchev–Trinajstić information content (AvgIpc) is 3.33. The number of benzene rings is 1. The highest BCUT2D eigenvalue weighted by Gasteiger charge is 2.34. The van der Waals surface area contributed by atoms with Gasteiger partial charge in [-0.25, -0.2) is 18.4 Å². The molecule has 4 heterocycles. The summed E-state index contributed by atoms with van der Waals surface area (Å²) in [5.41, 5.74) is 10.9. The number of anilines is 1. The number of nitrogens with zero attached hydrogens (tertiary/aromatic N) is 5. The highest BCUT2D eigenvalue weighted by molar-refractivity contribution is 5.96. The Kier molecular flexibility index (Phi) is 6.68. The number of alkyl halides is 2. The number of piperidine rings is 1. The molecule has 1 fully saturated rings. The third-order valence-corrected chi connectivity index (χ3v) is 6.72. The number of halogens is 2. The lowest BCUT2D eigenvalue weighted by molar-refractivity contribution is -0.0220. The Morgan fingerprint density at radius 1 is 1.08 bits per heavy atom. The van der Waals surface area contributed by atoms with E-state index in [9.17, 15) is 13.9 Å². The van der Waals surface area contributed by atoms with Crippen LogP contribution in [0, 0.1) is 0 Å². The number of aromatic nitrogens is 4. The van der Waals surface area contributed by atoms with E-state index in [0.29, 0.717) is 11.5 Å². The summed E-state index contributed by atoms with van der Waals surface area (Å²) >= 11 is 0. The molecule has 1 atom stereocenters. The first-order chi connectivity index (χ1) is 17.4. The second-order valence-corrected chi connectivity index (χ2v) is 9.32. The van der Waals surface area contributed by atoms with E-state index in [1.807, 2.05) is 47.4 Å². The fourth-order valence-corrected chi connectivity index (χ4v) is 4.73. The van der Waals surface area contributed by atoms with Crippen molar-refractivity contribution in [1.29, 1.82) is 0 Å². The van der Waals surface area contributed by atoms with Gasteiger partial charge in [-0.15, -0.1) is 0 Å². The van der Waals surface area contributed by atoms with E-state index < -0.39 is 5.92 Å². The molecule has 0 aliphatic carbocycles. The molecule has 7 nitrogen and oxygen atoms in total. The van der Waals surface area contributed by atoms with E-state index in [0.717, 1.165) is 46.4 Å². The third kappa shape index (κ3) is 4.81. The molecular formula is C27H30F2N6O. The first kappa shape index (κ1) is 24.3. The van der Waals surface area contributed by atoms with Crippen molar-refractivity contribution in [1.82, 2.24) is 19.7 Å². The summed E-state index contributed by atoms with van der Waals surface area (Å²) in [4.78, 5) is 11.4. The quantitative estimate of drug-likeness (QED) is 0.377. The SMILES string of the molecule is CCCC(N)c1cccc(-c2cc(N3CCC(F)(F)CC3)c3cnn(-c4cccc(CO)n4)c3c2)n1. The monoisotopic (exact) mass is 492 g/mol. The maximum absolute atomic E-state index is 13.9. The lowest BCUT2D eigenvalue weighted by Crippen LogP contribution is -2.39. The third-order valence-electron chi connectivity index (χ3n) is 6.72. The Morgan fingerprint density at radius 2 is 1.86 bits per heavy atom. The lowest BCUT2D eigenvalue weighted by atomic mass is 10.0. The molecule has 9 heteroatoms. The van der Waals surface area contributed by atoms with E-state index in [1.165, 1.54) is 0 Å². The lowest BCUT2D eigenvalue weighted by Gasteiger charge is -2.34. The molecule has 1 unspecified atom stereocenters. The van der Waals surface area contributed by atoms with Gasteiger partial charge in [0.1, 0.15) is 0 Å². The van der Waals surface area contributed by atoms with Crippen LogP contribution in [0.5, 0.6) is 0 Å². The minimum atomic E-state index is -2.64. The number of aliphatic hydroxyl groups excluding tert-OH is 1. The Morgan fingerprint density at radius 3 is 2.61 bits per heavy atom. The van der Waals surface area contributed by atoms with Crippen molar-refractivity contribution in [2.75, 3.05) is 18.0 Å². The Balaban J connectivity index is 1.65. The second kappa shape index (κ2) is 9.91. The van der Waals surface area contributed by atoms with Gasteiger partial charge in [0.15, 0.2) is 5.82 Å². The topological polar surface area (TPSA) is 93.1 Å². The highest BCUT2D eigenvalue weighted by atomic mass is 19.3. The van der Waals surface area contributed by atoms with Crippen molar-refractivity contribution in [3.05, 3.63) is 66.1 Å². The summed E-state index contributed by atoms with van der Waals surface area (Å²) in [5, 5.41) is 15.0. The zero-order chi connectivity index (χ0) is 25.3. The maximum atomic E-state index is 13.9. The van der Waals surface area contributed by atoms with Gasteiger partial charge < -0.3 is 15.7 Å². The number of aliphatic hydroxyl groups is 1. The fourth-order valence-electron chi connectivity index (χ4n) is 4.73. The van der Waals surface area contributed by atoms with Crippen LogP contribution in [0.1, 0.15) is 50.0 Å². The summed E-state index contributed by atoms with van der Waals surface area (Å²) < 4.78 is 29.6. The van der Waals surface area contributed by atoms with Gasteiger partial charge in [0.05, 0.1) is 35.4 Å². The van der Waals surface area contributed by atoms with Crippen molar-refractivity contribution >= 4 is 16.6 Å². The summed E-state index contributed by atoms with van der Waals surface area (Å²) in [5.74, 6) is -2.08. The summed E-state index contributed by atoms with van der Waals surface area (Å²) in [7, 11) is 0. The number of pyridine rings is 2. The molecule has 188 valence electrons. The standard InChI is InChI=1S/C27H30F2N6O/c1-2-5-21(30)23-8-4-7-22(33-23)18-14-24(34-12-10-27(28,29)11-13-34)20-16-31-35(25(20)15-18)26-9-3-6-19(17-36)32-26/h3-4,6-9,14-16,21,36H,2,5,10-13,17,30H2,1H3. The maximum Gasteiger partial charge on any atom is 0.251 e. The van der Waals surface area contributed by atoms with Crippen LogP contribution in [0.4, 0.5) is 14.5 Å². The molecule has 3 aromatic heterocycles. The summed E-state index contributed by atoms with van der Waals surface area (Å²) in [6.45, 7) is 2.42. The van der Waals surface area contributed by atoms with Crippen LogP contribution in [0.25, 0.3) is 28.0 Å². The van der Waals surface area contributed by atoms with Crippen LogP contribution in [-0.4, -0.2) is 43.9 Å². The zero-order valence-corrected chi connectivity index (χ0v) is 20.2. The van der Waals surface area contributed by atoms with E-state index in [-0.39, 0.29) is 38.6 Å².